The molecule has 1 aliphatic rings. The fraction of sp³-hybridized carbons (Fsp3) is 0.607. The molecule has 3 heterocycles. The first-order chi connectivity index (χ1) is 16.4. The molecule has 0 saturated carbocycles. The van der Waals surface area contributed by atoms with E-state index in [-0.39, 0.29) is 5.41 Å². The van der Waals surface area contributed by atoms with Crippen LogP contribution in [0.4, 0.5) is 5.69 Å². The Morgan fingerprint density at radius 3 is 2.40 bits per heavy atom. The van der Waals surface area contributed by atoms with Gasteiger partial charge >= 0.3 is 5.97 Å². The number of unbranched alkanes of at least 4 members (excludes halogenated alkanes) is 1. The number of anilines is 1. The van der Waals surface area contributed by atoms with Crippen LogP contribution in [0.1, 0.15) is 84.6 Å². The predicted octanol–water partition coefficient (Wildman–Crippen LogP) is 6.20. The van der Waals surface area contributed by atoms with Crippen molar-refractivity contribution in [1.29, 1.82) is 0 Å². The quantitative estimate of drug-likeness (QED) is 0.425. The highest BCUT2D eigenvalue weighted by Gasteiger charge is 2.35. The van der Waals surface area contributed by atoms with Gasteiger partial charge in [0.2, 0.25) is 5.88 Å². The zero-order valence-electron chi connectivity index (χ0n) is 22.4. The van der Waals surface area contributed by atoms with Gasteiger partial charge in [-0.3, -0.25) is 4.98 Å². The van der Waals surface area contributed by atoms with Crippen LogP contribution in [-0.4, -0.2) is 46.3 Å². The summed E-state index contributed by atoms with van der Waals surface area (Å²) >= 11 is 0. The minimum Gasteiger partial charge on any atom is -0.479 e. The molecule has 192 valence electrons. The second-order valence-corrected chi connectivity index (χ2v) is 11.2. The van der Waals surface area contributed by atoms with Crippen molar-refractivity contribution in [3.8, 4) is 17.0 Å². The minimum atomic E-state index is -1.13. The molecular weight excluding hydrogens is 442 g/mol. The highest BCUT2D eigenvalue weighted by molar-refractivity contribution is 5.86. The molecule has 35 heavy (non-hydrogen) atoms. The first kappa shape index (κ1) is 26.9. The van der Waals surface area contributed by atoms with Crippen LogP contribution in [0.3, 0.4) is 0 Å². The Balaban J connectivity index is 2.12. The Morgan fingerprint density at radius 2 is 1.86 bits per heavy atom. The van der Waals surface area contributed by atoms with Crippen molar-refractivity contribution < 1.29 is 19.4 Å². The van der Waals surface area contributed by atoms with Crippen LogP contribution >= 0.6 is 0 Å². The lowest BCUT2D eigenvalue weighted by Crippen LogP contribution is -2.39. The van der Waals surface area contributed by atoms with Gasteiger partial charge < -0.3 is 19.5 Å². The number of carboxylic acids is 1. The van der Waals surface area contributed by atoms with Crippen LogP contribution < -0.4 is 9.64 Å². The van der Waals surface area contributed by atoms with E-state index in [1.54, 1.807) is 6.20 Å². The van der Waals surface area contributed by atoms with Crippen LogP contribution in [-0.2, 0) is 9.53 Å². The van der Waals surface area contributed by atoms with E-state index in [0.29, 0.717) is 23.7 Å². The van der Waals surface area contributed by atoms with Gasteiger partial charge in [-0.05, 0) is 58.4 Å². The lowest BCUT2D eigenvalue weighted by atomic mass is 9.82. The number of carboxylic acid groups (broad SMARTS) is 1. The van der Waals surface area contributed by atoms with Crippen molar-refractivity contribution >= 4 is 11.7 Å². The molecule has 7 heteroatoms. The molecule has 0 radical (unpaired) electrons. The zero-order valence-corrected chi connectivity index (χ0v) is 22.4. The van der Waals surface area contributed by atoms with Gasteiger partial charge in [-0.25, -0.2) is 9.78 Å². The summed E-state index contributed by atoms with van der Waals surface area (Å²) in [5.74, 6) is -0.429. The lowest BCUT2D eigenvalue weighted by molar-refractivity contribution is -0.160. The zero-order chi connectivity index (χ0) is 25.8. The summed E-state index contributed by atoms with van der Waals surface area (Å²) < 4.78 is 11.8. The third kappa shape index (κ3) is 6.94. The third-order valence-electron chi connectivity index (χ3n) is 6.47. The van der Waals surface area contributed by atoms with Gasteiger partial charge in [0.05, 0.1) is 17.9 Å². The maximum atomic E-state index is 12.5. The minimum absolute atomic E-state index is 0.256. The highest BCUT2D eigenvalue weighted by Crippen LogP contribution is 2.43. The topological polar surface area (TPSA) is 84.8 Å². The molecule has 0 spiro atoms. The van der Waals surface area contributed by atoms with E-state index in [2.05, 4.69) is 35.6 Å². The fourth-order valence-corrected chi connectivity index (χ4v) is 4.34. The first-order valence-corrected chi connectivity index (χ1v) is 12.7. The summed E-state index contributed by atoms with van der Waals surface area (Å²) in [5.41, 5.74) is 3.53. The van der Waals surface area contributed by atoms with Crippen molar-refractivity contribution in [3.05, 3.63) is 35.8 Å². The fourth-order valence-electron chi connectivity index (χ4n) is 4.34. The van der Waals surface area contributed by atoms with Gasteiger partial charge in [0.25, 0.3) is 0 Å². The maximum absolute atomic E-state index is 12.5. The predicted molar refractivity (Wildman–Crippen MR) is 139 cm³/mol. The maximum Gasteiger partial charge on any atom is 0.337 e. The normalized spacial score (nSPS) is 16.7. The molecule has 1 aliphatic heterocycles. The van der Waals surface area contributed by atoms with Gasteiger partial charge in [0.1, 0.15) is 0 Å². The molecule has 7 nitrogen and oxygen atoms in total. The third-order valence-corrected chi connectivity index (χ3v) is 6.47. The number of aryl methyl sites for hydroxylation is 1. The van der Waals surface area contributed by atoms with Crippen molar-refractivity contribution in [1.82, 2.24) is 9.97 Å². The number of pyridine rings is 2. The first-order valence-electron chi connectivity index (χ1n) is 12.7. The molecule has 0 bridgehead atoms. The van der Waals surface area contributed by atoms with Crippen LogP contribution in [0.25, 0.3) is 11.1 Å². The van der Waals surface area contributed by atoms with Crippen LogP contribution in [0.2, 0.25) is 0 Å². The molecule has 0 amide bonds. The Kier molecular flexibility index (Phi) is 8.42. The number of piperidine rings is 1. The number of aromatic nitrogens is 2. The van der Waals surface area contributed by atoms with E-state index >= 15 is 0 Å². The highest BCUT2D eigenvalue weighted by atomic mass is 16.5. The largest absolute Gasteiger partial charge is 0.479 e. The summed E-state index contributed by atoms with van der Waals surface area (Å²) in [7, 11) is 0. The van der Waals surface area contributed by atoms with E-state index in [9.17, 15) is 9.90 Å². The standard InChI is InChI=1S/C28H41N3O4/c1-8-9-16-34-22-11-10-20(17-30-22)21-18-29-19(2)23(25(26(32)33)35-27(3,4)5)24(21)31-14-12-28(6,7)13-15-31/h10-11,17-18,25H,8-9,12-16H2,1-7H3,(H,32,33)/t25-/m0/s1. The van der Waals surface area contributed by atoms with Crippen LogP contribution in [0, 0.1) is 12.3 Å². The van der Waals surface area contributed by atoms with Crippen molar-refractivity contribution in [2.45, 2.75) is 85.9 Å². The molecule has 0 aromatic carbocycles. The molecule has 1 saturated heterocycles. The Bertz CT molecular complexity index is 1000. The van der Waals surface area contributed by atoms with Gasteiger partial charge in [-0.2, -0.15) is 0 Å². The summed E-state index contributed by atoms with van der Waals surface area (Å²) in [6.07, 6.45) is 6.58. The lowest BCUT2D eigenvalue weighted by Gasteiger charge is -2.40. The summed E-state index contributed by atoms with van der Waals surface area (Å²) in [4.78, 5) is 23.9. The monoisotopic (exact) mass is 483 g/mol. The number of nitrogens with zero attached hydrogens (tertiary/aromatic N) is 3. The second-order valence-electron chi connectivity index (χ2n) is 11.2. The average molecular weight is 484 g/mol. The molecular formula is C28H41N3O4. The van der Waals surface area contributed by atoms with Gasteiger partial charge in [-0.15, -0.1) is 0 Å². The molecule has 2 aromatic rings. The Labute approximate surface area is 209 Å². The van der Waals surface area contributed by atoms with Gasteiger partial charge in [0, 0.05) is 53.9 Å². The molecule has 2 aromatic heterocycles. The Hall–Kier alpha value is -2.67. The van der Waals surface area contributed by atoms with Crippen LogP contribution in [0.5, 0.6) is 5.88 Å². The number of ether oxygens (including phenoxy) is 2. The molecule has 1 N–H and O–H groups in total. The van der Waals surface area contributed by atoms with Gasteiger partial charge in [0.15, 0.2) is 6.10 Å². The van der Waals surface area contributed by atoms with E-state index in [0.717, 1.165) is 55.6 Å². The van der Waals surface area contributed by atoms with E-state index < -0.39 is 17.7 Å². The molecule has 3 rings (SSSR count). The summed E-state index contributed by atoms with van der Waals surface area (Å²) in [6, 6.07) is 3.84. The number of hydrogen-bond acceptors (Lipinski definition) is 6. The van der Waals surface area contributed by atoms with Crippen molar-refractivity contribution in [3.63, 3.8) is 0 Å². The molecule has 1 atom stereocenters. The number of hydrogen-bond donors (Lipinski definition) is 1. The SMILES string of the molecule is CCCCOc1ccc(-c2cnc(C)c([C@H](OC(C)(C)C)C(=O)O)c2N2CCC(C)(C)CC2)cn1. The molecule has 1 fully saturated rings. The van der Waals surface area contributed by atoms with Crippen molar-refractivity contribution in [2.24, 2.45) is 5.41 Å². The second kappa shape index (κ2) is 10.9. The molecule has 0 unspecified atom stereocenters. The smallest absolute Gasteiger partial charge is 0.337 e. The summed E-state index contributed by atoms with van der Waals surface area (Å²) in [5, 5.41) is 10.2. The van der Waals surface area contributed by atoms with Gasteiger partial charge in [-0.1, -0.05) is 27.2 Å². The number of aliphatic carboxylic acids is 1. The summed E-state index contributed by atoms with van der Waals surface area (Å²) in [6.45, 7) is 16.5. The van der Waals surface area contributed by atoms with Crippen LogP contribution in [0.15, 0.2) is 24.5 Å². The molecule has 0 aliphatic carbocycles. The van der Waals surface area contributed by atoms with E-state index in [1.165, 1.54) is 0 Å². The number of carbonyl (C=O) groups is 1. The average Bonchev–Trinajstić information content (AvgIpc) is 2.78. The van der Waals surface area contributed by atoms with E-state index in [1.807, 2.05) is 46.0 Å². The van der Waals surface area contributed by atoms with Crippen molar-refractivity contribution in [2.75, 3.05) is 24.6 Å². The van der Waals surface area contributed by atoms with E-state index in [4.69, 9.17) is 9.47 Å². The Morgan fingerprint density at radius 1 is 1.17 bits per heavy atom. The number of rotatable bonds is 9.